The van der Waals surface area contributed by atoms with Crippen LogP contribution in [0.15, 0.2) is 42.5 Å². The Morgan fingerprint density at radius 1 is 1.11 bits per heavy atom. The fraction of sp³-hybridized carbons (Fsp3) is 0.188. The van der Waals surface area contributed by atoms with Crippen LogP contribution in [0.2, 0.25) is 0 Å². The lowest BCUT2D eigenvalue weighted by molar-refractivity contribution is -0.115. The Kier molecular flexibility index (Phi) is 3.85. The summed E-state index contributed by atoms with van der Waals surface area (Å²) in [7, 11) is 0. The minimum atomic E-state index is -0.0577. The second-order valence-electron chi connectivity index (χ2n) is 4.71. The molecule has 0 saturated carbocycles. The van der Waals surface area contributed by atoms with Crippen LogP contribution in [-0.4, -0.2) is 11.0 Å². The second-order valence-corrected chi connectivity index (χ2v) is 4.71. The lowest BCUT2D eigenvalue weighted by Crippen LogP contribution is -2.15. The van der Waals surface area contributed by atoms with Crippen molar-refractivity contribution in [2.45, 2.75) is 20.3 Å². The van der Waals surface area contributed by atoms with Gasteiger partial charge in [0.1, 0.15) is 5.75 Å². The molecule has 98 valence electrons. The largest absolute Gasteiger partial charge is 0.508 e. The molecule has 0 saturated heterocycles. The molecule has 0 fully saturated rings. The van der Waals surface area contributed by atoms with Gasteiger partial charge in [-0.05, 0) is 43.2 Å². The topological polar surface area (TPSA) is 49.3 Å². The molecule has 3 nitrogen and oxygen atoms in total. The van der Waals surface area contributed by atoms with E-state index >= 15 is 0 Å². The summed E-state index contributed by atoms with van der Waals surface area (Å²) in [5.74, 6) is 0.145. The third-order valence-corrected chi connectivity index (χ3v) is 2.97. The van der Waals surface area contributed by atoms with Crippen LogP contribution in [0.3, 0.4) is 0 Å². The maximum Gasteiger partial charge on any atom is 0.228 e. The SMILES string of the molecule is Cc1ccc(CC(=O)Nc2ccc(O)cc2C)cc1. The molecule has 19 heavy (non-hydrogen) atoms. The van der Waals surface area contributed by atoms with Crippen LogP contribution in [0.25, 0.3) is 0 Å². The minimum Gasteiger partial charge on any atom is -0.508 e. The van der Waals surface area contributed by atoms with Gasteiger partial charge in [-0.25, -0.2) is 0 Å². The molecular formula is C16H17NO2. The normalized spacial score (nSPS) is 10.2. The number of anilines is 1. The zero-order valence-corrected chi connectivity index (χ0v) is 11.1. The van der Waals surface area contributed by atoms with E-state index < -0.39 is 0 Å². The van der Waals surface area contributed by atoms with Gasteiger partial charge >= 0.3 is 0 Å². The van der Waals surface area contributed by atoms with Crippen molar-refractivity contribution in [2.75, 3.05) is 5.32 Å². The highest BCUT2D eigenvalue weighted by atomic mass is 16.3. The quantitative estimate of drug-likeness (QED) is 0.827. The number of hydrogen-bond donors (Lipinski definition) is 2. The minimum absolute atomic E-state index is 0.0577. The molecule has 0 aliphatic carbocycles. The summed E-state index contributed by atoms with van der Waals surface area (Å²) in [4.78, 5) is 11.9. The highest BCUT2D eigenvalue weighted by molar-refractivity contribution is 5.93. The van der Waals surface area contributed by atoms with Gasteiger partial charge in [0.2, 0.25) is 5.91 Å². The first kappa shape index (κ1) is 13.1. The molecule has 2 aromatic rings. The third-order valence-electron chi connectivity index (χ3n) is 2.97. The van der Waals surface area contributed by atoms with Crippen molar-refractivity contribution >= 4 is 11.6 Å². The lowest BCUT2D eigenvalue weighted by atomic mass is 10.1. The van der Waals surface area contributed by atoms with E-state index in [0.29, 0.717) is 6.42 Å². The standard InChI is InChI=1S/C16H17NO2/c1-11-3-5-13(6-4-11)10-16(19)17-15-8-7-14(18)9-12(15)2/h3-9,18H,10H2,1-2H3,(H,17,19). The maximum atomic E-state index is 11.9. The van der Waals surface area contributed by atoms with Crippen molar-refractivity contribution in [2.24, 2.45) is 0 Å². The number of aromatic hydroxyl groups is 1. The summed E-state index contributed by atoms with van der Waals surface area (Å²) in [6, 6.07) is 12.8. The van der Waals surface area contributed by atoms with Gasteiger partial charge in [0, 0.05) is 5.69 Å². The van der Waals surface area contributed by atoms with Crippen LogP contribution in [0.4, 0.5) is 5.69 Å². The highest BCUT2D eigenvalue weighted by Gasteiger charge is 2.06. The number of rotatable bonds is 3. The van der Waals surface area contributed by atoms with E-state index in [0.717, 1.165) is 16.8 Å². The molecule has 0 bridgehead atoms. The molecule has 0 atom stereocenters. The molecule has 3 heteroatoms. The van der Waals surface area contributed by atoms with Crippen LogP contribution >= 0.6 is 0 Å². The van der Waals surface area contributed by atoms with Crippen molar-refractivity contribution in [1.82, 2.24) is 0 Å². The number of carbonyl (C=O) groups is 1. The number of amides is 1. The van der Waals surface area contributed by atoms with Gasteiger partial charge in [-0.1, -0.05) is 29.8 Å². The van der Waals surface area contributed by atoms with Crippen LogP contribution in [0.1, 0.15) is 16.7 Å². The Labute approximate surface area is 112 Å². The van der Waals surface area contributed by atoms with E-state index in [1.165, 1.54) is 5.56 Å². The van der Waals surface area contributed by atoms with Gasteiger partial charge in [0.25, 0.3) is 0 Å². The van der Waals surface area contributed by atoms with Crippen LogP contribution in [0.5, 0.6) is 5.75 Å². The lowest BCUT2D eigenvalue weighted by Gasteiger charge is -2.09. The Hall–Kier alpha value is -2.29. The Balaban J connectivity index is 2.03. The summed E-state index contributed by atoms with van der Waals surface area (Å²) in [5, 5.41) is 12.2. The third kappa shape index (κ3) is 3.58. The van der Waals surface area contributed by atoms with E-state index in [1.54, 1.807) is 18.2 Å². The fourth-order valence-corrected chi connectivity index (χ4v) is 1.87. The van der Waals surface area contributed by atoms with E-state index in [9.17, 15) is 9.90 Å². The molecule has 0 unspecified atom stereocenters. The zero-order chi connectivity index (χ0) is 13.8. The zero-order valence-electron chi connectivity index (χ0n) is 11.1. The van der Waals surface area contributed by atoms with Gasteiger partial charge in [0.05, 0.1) is 6.42 Å². The van der Waals surface area contributed by atoms with E-state index in [2.05, 4.69) is 5.32 Å². The molecule has 0 heterocycles. The Morgan fingerprint density at radius 3 is 2.42 bits per heavy atom. The van der Waals surface area contributed by atoms with Gasteiger partial charge in [-0.3, -0.25) is 4.79 Å². The average Bonchev–Trinajstić information content (AvgIpc) is 2.36. The van der Waals surface area contributed by atoms with Crippen LogP contribution in [0, 0.1) is 13.8 Å². The van der Waals surface area contributed by atoms with Crippen molar-refractivity contribution in [3.63, 3.8) is 0 Å². The Bertz CT molecular complexity index is 588. The molecule has 0 aliphatic rings. The number of benzene rings is 2. The number of carbonyl (C=O) groups excluding carboxylic acids is 1. The van der Waals surface area contributed by atoms with Gasteiger partial charge < -0.3 is 10.4 Å². The van der Waals surface area contributed by atoms with Crippen molar-refractivity contribution in [3.05, 3.63) is 59.2 Å². The average molecular weight is 255 g/mol. The predicted molar refractivity (Wildman–Crippen MR) is 76.4 cm³/mol. The second kappa shape index (κ2) is 5.57. The van der Waals surface area contributed by atoms with E-state index in [4.69, 9.17) is 0 Å². The number of phenolic OH excluding ortho intramolecular Hbond substituents is 1. The van der Waals surface area contributed by atoms with Gasteiger partial charge in [-0.2, -0.15) is 0 Å². The summed E-state index contributed by atoms with van der Waals surface area (Å²) in [5.41, 5.74) is 3.74. The predicted octanol–water partition coefficient (Wildman–Crippen LogP) is 3.19. The Morgan fingerprint density at radius 2 is 1.79 bits per heavy atom. The summed E-state index contributed by atoms with van der Waals surface area (Å²) >= 11 is 0. The van der Waals surface area contributed by atoms with Crippen molar-refractivity contribution in [3.8, 4) is 5.75 Å². The molecule has 0 spiro atoms. The molecule has 2 N–H and O–H groups in total. The van der Waals surface area contributed by atoms with Gasteiger partial charge in [-0.15, -0.1) is 0 Å². The van der Waals surface area contributed by atoms with Gasteiger partial charge in [0.15, 0.2) is 0 Å². The molecule has 0 radical (unpaired) electrons. The smallest absolute Gasteiger partial charge is 0.228 e. The maximum absolute atomic E-state index is 11.9. The molecular weight excluding hydrogens is 238 g/mol. The van der Waals surface area contributed by atoms with Crippen molar-refractivity contribution < 1.29 is 9.90 Å². The number of aryl methyl sites for hydroxylation is 2. The highest BCUT2D eigenvalue weighted by Crippen LogP contribution is 2.20. The van der Waals surface area contributed by atoms with Crippen LogP contribution in [-0.2, 0) is 11.2 Å². The van der Waals surface area contributed by atoms with Crippen LogP contribution < -0.4 is 5.32 Å². The first-order valence-corrected chi connectivity index (χ1v) is 6.19. The summed E-state index contributed by atoms with van der Waals surface area (Å²) < 4.78 is 0. The molecule has 0 aromatic heterocycles. The first-order valence-electron chi connectivity index (χ1n) is 6.19. The summed E-state index contributed by atoms with van der Waals surface area (Å²) in [6.07, 6.45) is 0.348. The summed E-state index contributed by atoms with van der Waals surface area (Å²) in [6.45, 7) is 3.87. The number of nitrogens with one attached hydrogen (secondary N) is 1. The van der Waals surface area contributed by atoms with Crippen molar-refractivity contribution in [1.29, 1.82) is 0 Å². The number of phenols is 1. The first-order chi connectivity index (χ1) is 9.04. The molecule has 0 aliphatic heterocycles. The molecule has 2 rings (SSSR count). The molecule has 1 amide bonds. The van der Waals surface area contributed by atoms with E-state index in [-0.39, 0.29) is 11.7 Å². The monoisotopic (exact) mass is 255 g/mol. The number of hydrogen-bond acceptors (Lipinski definition) is 2. The molecule has 2 aromatic carbocycles. The fourth-order valence-electron chi connectivity index (χ4n) is 1.87. The van der Waals surface area contributed by atoms with E-state index in [1.807, 2.05) is 38.1 Å².